The van der Waals surface area contributed by atoms with Crippen molar-refractivity contribution in [3.05, 3.63) is 27.8 Å². The van der Waals surface area contributed by atoms with Crippen LogP contribution < -0.4 is 10.6 Å². The Morgan fingerprint density at radius 1 is 1.06 bits per heavy atom. The van der Waals surface area contributed by atoms with E-state index in [0.29, 0.717) is 6.04 Å². The molecule has 98 valence electrons. The molecule has 1 aliphatic carbocycles. The van der Waals surface area contributed by atoms with Gasteiger partial charge in [0.1, 0.15) is 0 Å². The van der Waals surface area contributed by atoms with Gasteiger partial charge in [0.2, 0.25) is 0 Å². The molecule has 0 radical (unpaired) electrons. The first-order valence-corrected chi connectivity index (χ1v) is 8.16. The fourth-order valence-electron chi connectivity index (χ4n) is 3.49. The first-order valence-electron chi connectivity index (χ1n) is 7.08. The summed E-state index contributed by atoms with van der Waals surface area (Å²) in [4.78, 5) is 0. The van der Waals surface area contributed by atoms with Crippen molar-refractivity contribution in [1.82, 2.24) is 5.32 Å². The van der Waals surface area contributed by atoms with E-state index in [2.05, 4.69) is 57.5 Å². The minimum atomic E-state index is 0.667. The molecule has 1 aromatic carbocycles. The summed E-state index contributed by atoms with van der Waals surface area (Å²) < 4.78 is 1.30. The maximum atomic E-state index is 3.75. The highest BCUT2D eigenvalue weighted by molar-refractivity contribution is 14.1. The van der Waals surface area contributed by atoms with Gasteiger partial charge in [0, 0.05) is 21.3 Å². The summed E-state index contributed by atoms with van der Waals surface area (Å²) in [6.45, 7) is 1.22. The minimum Gasteiger partial charge on any atom is -0.382 e. The van der Waals surface area contributed by atoms with Crippen molar-refractivity contribution in [2.24, 2.45) is 5.92 Å². The van der Waals surface area contributed by atoms with E-state index in [1.165, 1.54) is 47.9 Å². The van der Waals surface area contributed by atoms with E-state index < -0.39 is 0 Å². The second-order valence-electron chi connectivity index (χ2n) is 5.56. The third-order valence-corrected chi connectivity index (χ3v) is 5.10. The summed E-state index contributed by atoms with van der Waals surface area (Å²) >= 11 is 2.36. The monoisotopic (exact) mass is 356 g/mol. The Balaban J connectivity index is 1.65. The smallest absolute Gasteiger partial charge is 0.0343 e. The highest BCUT2D eigenvalue weighted by Crippen LogP contribution is 2.33. The van der Waals surface area contributed by atoms with Gasteiger partial charge in [-0.15, -0.1) is 0 Å². The summed E-state index contributed by atoms with van der Waals surface area (Å²) in [5.74, 6) is 0.826. The van der Waals surface area contributed by atoms with Crippen molar-refractivity contribution in [2.45, 2.75) is 44.2 Å². The lowest BCUT2D eigenvalue weighted by Gasteiger charge is -2.27. The molecular weight excluding hydrogens is 335 g/mol. The van der Waals surface area contributed by atoms with E-state index >= 15 is 0 Å². The second-order valence-corrected chi connectivity index (χ2v) is 6.80. The largest absolute Gasteiger partial charge is 0.382 e. The predicted octanol–water partition coefficient (Wildman–Crippen LogP) is 3.62. The standard InChI is InChI=1S/C15H21IN2/c16-11-6-8-12(9-7-11)18-15-4-1-3-13(15)14-5-2-10-17-14/h6-9,13-15,17-18H,1-5,10H2. The Morgan fingerprint density at radius 3 is 2.61 bits per heavy atom. The van der Waals surface area contributed by atoms with Crippen LogP contribution in [0.15, 0.2) is 24.3 Å². The zero-order chi connectivity index (χ0) is 12.4. The fraction of sp³-hybridized carbons (Fsp3) is 0.600. The van der Waals surface area contributed by atoms with Crippen LogP contribution in [0, 0.1) is 9.49 Å². The molecule has 3 atom stereocenters. The topological polar surface area (TPSA) is 24.1 Å². The Hall–Kier alpha value is -0.290. The first-order chi connectivity index (χ1) is 8.83. The molecule has 18 heavy (non-hydrogen) atoms. The van der Waals surface area contributed by atoms with Gasteiger partial charge >= 0.3 is 0 Å². The molecule has 0 bridgehead atoms. The van der Waals surface area contributed by atoms with Crippen LogP contribution in [0.5, 0.6) is 0 Å². The number of hydrogen-bond acceptors (Lipinski definition) is 2. The lowest BCUT2D eigenvalue weighted by Crippen LogP contribution is -2.38. The van der Waals surface area contributed by atoms with E-state index in [-0.39, 0.29) is 0 Å². The molecule has 0 spiro atoms. The van der Waals surface area contributed by atoms with E-state index in [1.807, 2.05) is 0 Å². The van der Waals surface area contributed by atoms with Gasteiger partial charge in [0.15, 0.2) is 0 Å². The number of hydrogen-bond donors (Lipinski definition) is 2. The van der Waals surface area contributed by atoms with Gasteiger partial charge in [0.25, 0.3) is 0 Å². The summed E-state index contributed by atoms with van der Waals surface area (Å²) in [5.41, 5.74) is 1.28. The van der Waals surface area contributed by atoms with Crippen LogP contribution >= 0.6 is 22.6 Å². The molecule has 3 unspecified atom stereocenters. The van der Waals surface area contributed by atoms with Crippen LogP contribution in [0.25, 0.3) is 0 Å². The molecule has 3 heteroatoms. The number of halogens is 1. The van der Waals surface area contributed by atoms with Crippen molar-refractivity contribution in [1.29, 1.82) is 0 Å². The summed E-state index contributed by atoms with van der Waals surface area (Å²) in [5, 5.41) is 7.43. The second kappa shape index (κ2) is 5.78. The predicted molar refractivity (Wildman–Crippen MR) is 84.9 cm³/mol. The molecule has 0 aromatic heterocycles. The molecule has 1 saturated heterocycles. The quantitative estimate of drug-likeness (QED) is 0.809. The first kappa shape index (κ1) is 12.7. The average Bonchev–Trinajstić information content (AvgIpc) is 3.02. The molecular formula is C15H21IN2. The van der Waals surface area contributed by atoms with Crippen molar-refractivity contribution in [3.8, 4) is 0 Å². The Bertz CT molecular complexity index is 384. The third kappa shape index (κ3) is 2.82. The normalized spacial score (nSPS) is 31.7. The minimum absolute atomic E-state index is 0.667. The van der Waals surface area contributed by atoms with Crippen molar-refractivity contribution >= 4 is 28.3 Å². The van der Waals surface area contributed by atoms with Crippen LogP contribution in [0.2, 0.25) is 0 Å². The number of anilines is 1. The molecule has 1 heterocycles. The third-order valence-electron chi connectivity index (χ3n) is 4.38. The summed E-state index contributed by atoms with van der Waals surface area (Å²) in [6, 6.07) is 10.2. The molecule has 2 fully saturated rings. The molecule has 3 rings (SSSR count). The van der Waals surface area contributed by atoms with E-state index in [9.17, 15) is 0 Å². The van der Waals surface area contributed by atoms with Crippen LogP contribution in [0.3, 0.4) is 0 Å². The van der Waals surface area contributed by atoms with Gasteiger partial charge in [-0.05, 0) is 85.0 Å². The molecule has 2 nitrogen and oxygen atoms in total. The zero-order valence-corrected chi connectivity index (χ0v) is 12.8. The van der Waals surface area contributed by atoms with Gasteiger partial charge in [-0.2, -0.15) is 0 Å². The highest BCUT2D eigenvalue weighted by atomic mass is 127. The van der Waals surface area contributed by atoms with Crippen molar-refractivity contribution < 1.29 is 0 Å². The zero-order valence-electron chi connectivity index (χ0n) is 10.7. The molecule has 1 aliphatic heterocycles. The van der Waals surface area contributed by atoms with E-state index in [0.717, 1.165) is 12.0 Å². The molecule has 2 aliphatic rings. The van der Waals surface area contributed by atoms with Gasteiger partial charge < -0.3 is 10.6 Å². The SMILES string of the molecule is Ic1ccc(NC2CCCC2C2CCCN2)cc1. The Morgan fingerprint density at radius 2 is 1.89 bits per heavy atom. The van der Waals surface area contributed by atoms with Gasteiger partial charge in [0.05, 0.1) is 0 Å². The lowest BCUT2D eigenvalue weighted by molar-refractivity contribution is 0.376. The van der Waals surface area contributed by atoms with Gasteiger partial charge in [-0.3, -0.25) is 0 Å². The lowest BCUT2D eigenvalue weighted by atomic mass is 9.93. The maximum absolute atomic E-state index is 3.75. The summed E-state index contributed by atoms with van der Waals surface area (Å²) in [6.07, 6.45) is 6.83. The van der Waals surface area contributed by atoms with Gasteiger partial charge in [-0.25, -0.2) is 0 Å². The average molecular weight is 356 g/mol. The van der Waals surface area contributed by atoms with E-state index in [1.54, 1.807) is 0 Å². The number of nitrogens with one attached hydrogen (secondary N) is 2. The summed E-state index contributed by atoms with van der Waals surface area (Å²) in [7, 11) is 0. The van der Waals surface area contributed by atoms with Crippen LogP contribution in [0.1, 0.15) is 32.1 Å². The van der Waals surface area contributed by atoms with E-state index in [4.69, 9.17) is 0 Å². The van der Waals surface area contributed by atoms with Crippen LogP contribution in [-0.4, -0.2) is 18.6 Å². The van der Waals surface area contributed by atoms with Crippen molar-refractivity contribution in [2.75, 3.05) is 11.9 Å². The molecule has 1 saturated carbocycles. The molecule has 1 aromatic rings. The maximum Gasteiger partial charge on any atom is 0.0343 e. The molecule has 0 amide bonds. The fourth-order valence-corrected chi connectivity index (χ4v) is 3.85. The van der Waals surface area contributed by atoms with Crippen LogP contribution in [0.4, 0.5) is 5.69 Å². The Labute approximate surface area is 123 Å². The number of benzene rings is 1. The Kier molecular flexibility index (Phi) is 4.09. The highest BCUT2D eigenvalue weighted by Gasteiger charge is 2.34. The van der Waals surface area contributed by atoms with Crippen LogP contribution in [-0.2, 0) is 0 Å². The molecule has 2 N–H and O–H groups in total. The van der Waals surface area contributed by atoms with Crippen molar-refractivity contribution in [3.63, 3.8) is 0 Å². The van der Waals surface area contributed by atoms with Gasteiger partial charge in [-0.1, -0.05) is 6.42 Å². The number of rotatable bonds is 3.